The molecule has 2 heterocycles. The second-order valence-corrected chi connectivity index (χ2v) is 7.89. The van der Waals surface area contributed by atoms with Crippen molar-refractivity contribution in [3.8, 4) is 11.5 Å². The topological polar surface area (TPSA) is 67.9 Å². The zero-order valence-electron chi connectivity index (χ0n) is 14.1. The highest BCUT2D eigenvalue weighted by molar-refractivity contribution is 5.95. The van der Waals surface area contributed by atoms with Crippen molar-refractivity contribution in [3.63, 3.8) is 0 Å². The number of amides is 2. The second-order valence-electron chi connectivity index (χ2n) is 7.89. The van der Waals surface area contributed by atoms with Gasteiger partial charge in [0, 0.05) is 42.6 Å². The molecule has 0 aromatic heterocycles. The summed E-state index contributed by atoms with van der Waals surface area (Å²) in [6, 6.07) is 5.45. The van der Waals surface area contributed by atoms with Crippen molar-refractivity contribution in [2.24, 2.45) is 17.3 Å². The van der Waals surface area contributed by atoms with Crippen LogP contribution in [0.2, 0.25) is 0 Å². The SMILES string of the molecule is O=C(Nc1ccc2c(c1)OCO2)[C@H]1C[C@]12CCN(C(=O)CC1CC1)C2. The minimum atomic E-state index is 0.0108. The quantitative estimate of drug-likeness (QED) is 0.912. The van der Waals surface area contributed by atoms with Gasteiger partial charge in [0.15, 0.2) is 11.5 Å². The summed E-state index contributed by atoms with van der Waals surface area (Å²) in [7, 11) is 0. The van der Waals surface area contributed by atoms with Gasteiger partial charge in [-0.05, 0) is 43.7 Å². The van der Waals surface area contributed by atoms with E-state index in [1.54, 1.807) is 6.07 Å². The summed E-state index contributed by atoms with van der Waals surface area (Å²) in [4.78, 5) is 26.9. The first-order valence-corrected chi connectivity index (χ1v) is 9.11. The number of anilines is 1. The highest BCUT2D eigenvalue weighted by Gasteiger charge is 2.61. The molecule has 1 spiro atoms. The summed E-state index contributed by atoms with van der Waals surface area (Å²) < 4.78 is 10.6. The molecule has 4 aliphatic rings. The average molecular weight is 342 g/mol. The normalized spacial score (nSPS) is 29.1. The van der Waals surface area contributed by atoms with E-state index in [-0.39, 0.29) is 29.9 Å². The maximum Gasteiger partial charge on any atom is 0.231 e. The van der Waals surface area contributed by atoms with Gasteiger partial charge in [0.25, 0.3) is 0 Å². The zero-order chi connectivity index (χ0) is 17.0. The van der Waals surface area contributed by atoms with E-state index in [9.17, 15) is 9.59 Å². The van der Waals surface area contributed by atoms with Crippen molar-refractivity contribution in [2.45, 2.75) is 32.1 Å². The Morgan fingerprint density at radius 3 is 2.92 bits per heavy atom. The monoisotopic (exact) mass is 342 g/mol. The van der Waals surface area contributed by atoms with Crippen LogP contribution in [0.4, 0.5) is 5.69 Å². The van der Waals surface area contributed by atoms with E-state index < -0.39 is 0 Å². The Kier molecular flexibility index (Phi) is 3.24. The number of hydrogen-bond acceptors (Lipinski definition) is 4. The second kappa shape index (κ2) is 5.38. The van der Waals surface area contributed by atoms with Crippen LogP contribution in [-0.2, 0) is 9.59 Å². The van der Waals surface area contributed by atoms with Crippen molar-refractivity contribution in [1.29, 1.82) is 0 Å². The summed E-state index contributed by atoms with van der Waals surface area (Å²) in [5, 5.41) is 2.99. The molecule has 2 atom stereocenters. The lowest BCUT2D eigenvalue weighted by molar-refractivity contribution is -0.131. The third-order valence-corrected chi connectivity index (χ3v) is 6.04. The Labute approximate surface area is 146 Å². The zero-order valence-corrected chi connectivity index (χ0v) is 14.1. The number of ether oxygens (including phenoxy) is 2. The van der Waals surface area contributed by atoms with Crippen LogP contribution in [0.5, 0.6) is 11.5 Å². The molecular weight excluding hydrogens is 320 g/mol. The number of nitrogens with one attached hydrogen (secondary N) is 1. The summed E-state index contributed by atoms with van der Waals surface area (Å²) in [6.45, 7) is 1.78. The summed E-state index contributed by atoms with van der Waals surface area (Å²) in [5.41, 5.74) is 0.746. The average Bonchev–Trinajstić information content (AvgIpc) is 3.42. The van der Waals surface area contributed by atoms with Crippen LogP contribution in [0.1, 0.15) is 32.1 Å². The Morgan fingerprint density at radius 2 is 2.08 bits per heavy atom. The molecule has 3 fully saturated rings. The predicted octanol–water partition coefficient (Wildman–Crippen LogP) is 2.39. The number of hydrogen-bond donors (Lipinski definition) is 1. The van der Waals surface area contributed by atoms with Gasteiger partial charge in [-0.25, -0.2) is 0 Å². The van der Waals surface area contributed by atoms with Gasteiger partial charge in [0.1, 0.15) is 0 Å². The van der Waals surface area contributed by atoms with Gasteiger partial charge in [-0.3, -0.25) is 9.59 Å². The lowest BCUT2D eigenvalue weighted by Gasteiger charge is -2.16. The van der Waals surface area contributed by atoms with Crippen LogP contribution in [0.15, 0.2) is 18.2 Å². The molecule has 5 rings (SSSR count). The number of likely N-dealkylation sites (tertiary alicyclic amines) is 1. The number of rotatable bonds is 4. The molecule has 1 aromatic carbocycles. The first-order chi connectivity index (χ1) is 12.1. The Morgan fingerprint density at radius 1 is 1.24 bits per heavy atom. The van der Waals surface area contributed by atoms with Crippen molar-refractivity contribution >= 4 is 17.5 Å². The maximum absolute atomic E-state index is 12.6. The largest absolute Gasteiger partial charge is 0.454 e. The molecule has 2 aliphatic heterocycles. The number of carbonyl (C=O) groups excluding carboxylic acids is 2. The maximum atomic E-state index is 12.6. The molecule has 6 heteroatoms. The molecule has 0 unspecified atom stereocenters. The van der Waals surface area contributed by atoms with Crippen LogP contribution in [0, 0.1) is 17.3 Å². The van der Waals surface area contributed by atoms with Gasteiger partial charge in [-0.15, -0.1) is 0 Å². The fourth-order valence-corrected chi connectivity index (χ4v) is 4.18. The molecule has 6 nitrogen and oxygen atoms in total. The number of fused-ring (bicyclic) bond motifs is 1. The molecule has 25 heavy (non-hydrogen) atoms. The van der Waals surface area contributed by atoms with Gasteiger partial charge >= 0.3 is 0 Å². The lowest BCUT2D eigenvalue weighted by Crippen LogP contribution is -2.30. The third kappa shape index (κ3) is 2.73. The fourth-order valence-electron chi connectivity index (χ4n) is 4.18. The molecular formula is C19H22N2O4. The molecule has 2 saturated carbocycles. The van der Waals surface area contributed by atoms with Crippen molar-refractivity contribution in [1.82, 2.24) is 4.90 Å². The minimum Gasteiger partial charge on any atom is -0.454 e. The molecule has 1 saturated heterocycles. The van der Waals surface area contributed by atoms with Gasteiger partial charge in [-0.2, -0.15) is 0 Å². The van der Waals surface area contributed by atoms with Gasteiger partial charge in [0.2, 0.25) is 18.6 Å². The predicted molar refractivity (Wildman–Crippen MR) is 90.3 cm³/mol. The van der Waals surface area contributed by atoms with Crippen LogP contribution in [-0.4, -0.2) is 36.6 Å². The minimum absolute atomic E-state index is 0.0108. The lowest BCUT2D eigenvalue weighted by atomic mass is 10.0. The summed E-state index contributed by atoms with van der Waals surface area (Å²) in [6.07, 6.45) is 4.93. The van der Waals surface area contributed by atoms with Crippen molar-refractivity contribution in [3.05, 3.63) is 18.2 Å². The molecule has 132 valence electrons. The molecule has 1 aromatic rings. The smallest absolute Gasteiger partial charge is 0.231 e. The van der Waals surface area contributed by atoms with E-state index in [1.165, 1.54) is 12.8 Å². The Balaban J connectivity index is 1.19. The first kappa shape index (κ1) is 15.0. The third-order valence-electron chi connectivity index (χ3n) is 6.04. The highest BCUT2D eigenvalue weighted by Crippen LogP contribution is 2.59. The summed E-state index contributed by atoms with van der Waals surface area (Å²) in [5.74, 6) is 2.34. The molecule has 1 N–H and O–H groups in total. The number of carbonyl (C=O) groups is 2. The van der Waals surface area contributed by atoms with E-state index in [4.69, 9.17) is 9.47 Å². The Hall–Kier alpha value is -2.24. The van der Waals surface area contributed by atoms with Gasteiger partial charge in [-0.1, -0.05) is 0 Å². The fraction of sp³-hybridized carbons (Fsp3) is 0.579. The number of nitrogens with zero attached hydrogens (tertiary/aromatic N) is 1. The van der Waals surface area contributed by atoms with Crippen molar-refractivity contribution < 1.29 is 19.1 Å². The van der Waals surface area contributed by atoms with Crippen LogP contribution in [0.3, 0.4) is 0 Å². The van der Waals surface area contributed by atoms with Crippen molar-refractivity contribution in [2.75, 3.05) is 25.2 Å². The standard InChI is InChI=1S/C19H22N2O4/c22-17(7-12-1-2-12)21-6-5-19(10-21)9-14(19)18(23)20-13-3-4-15-16(8-13)25-11-24-15/h3-4,8,12,14H,1-2,5-7,9-11H2,(H,20,23)/t14-,19+/m1/s1. The highest BCUT2D eigenvalue weighted by atomic mass is 16.7. The van der Waals surface area contributed by atoms with Crippen LogP contribution < -0.4 is 14.8 Å². The molecule has 0 bridgehead atoms. The van der Waals surface area contributed by atoms with Gasteiger partial charge < -0.3 is 19.7 Å². The van der Waals surface area contributed by atoms with Crippen LogP contribution in [0.25, 0.3) is 0 Å². The molecule has 2 amide bonds. The molecule has 0 radical (unpaired) electrons. The van der Waals surface area contributed by atoms with E-state index >= 15 is 0 Å². The Bertz CT molecular complexity index is 745. The first-order valence-electron chi connectivity index (χ1n) is 9.11. The van der Waals surface area contributed by atoms with Crippen LogP contribution >= 0.6 is 0 Å². The van der Waals surface area contributed by atoms with E-state index in [0.29, 0.717) is 23.8 Å². The summed E-state index contributed by atoms with van der Waals surface area (Å²) >= 11 is 0. The molecule has 2 aliphatic carbocycles. The number of benzene rings is 1. The van der Waals surface area contributed by atoms with E-state index in [1.807, 2.05) is 17.0 Å². The van der Waals surface area contributed by atoms with Gasteiger partial charge in [0.05, 0.1) is 0 Å². The van der Waals surface area contributed by atoms with E-state index in [2.05, 4.69) is 5.32 Å². The van der Waals surface area contributed by atoms with E-state index in [0.717, 1.165) is 31.6 Å².